The minimum atomic E-state index is -0.748. The van der Waals surface area contributed by atoms with E-state index in [9.17, 15) is 0 Å². The molecule has 0 bridgehead atoms. The molecule has 114 heavy (non-hydrogen) atoms. The highest BCUT2D eigenvalue weighted by Crippen LogP contribution is 2.59. The average Bonchev–Trinajstić information content (AvgIpc) is 1.50. The van der Waals surface area contributed by atoms with Gasteiger partial charge in [0, 0.05) is 88.2 Å². The number of benzene rings is 17. The predicted octanol–water partition coefficient (Wildman–Crippen LogP) is 26.8. The molecule has 5 aromatic heterocycles. The average molecular weight is 1450 g/mol. The van der Waals surface area contributed by atoms with Crippen LogP contribution in [0, 0.1) is 0 Å². The molecule has 1 aliphatic carbocycles. The van der Waals surface area contributed by atoms with Gasteiger partial charge in [-0.15, -0.1) is 0 Å². The van der Waals surface area contributed by atoms with Crippen LogP contribution in [0.15, 0.2) is 413 Å². The van der Waals surface area contributed by atoms with Crippen LogP contribution < -0.4 is 4.90 Å². The van der Waals surface area contributed by atoms with Gasteiger partial charge in [0.2, 0.25) is 0 Å². The summed E-state index contributed by atoms with van der Waals surface area (Å²) in [7, 11) is 0. The Morgan fingerprint density at radius 3 is 1.05 bits per heavy atom. The van der Waals surface area contributed by atoms with Crippen molar-refractivity contribution in [3.05, 3.63) is 435 Å². The number of nitrogens with zero attached hydrogens (tertiary/aromatic N) is 8. The highest BCUT2D eigenvalue weighted by molar-refractivity contribution is 6.40. The van der Waals surface area contributed by atoms with Gasteiger partial charge < -0.3 is 23.2 Å². The number of hydrogen-bond acceptors (Lipinski definition) is 4. The molecule has 0 spiro atoms. The lowest BCUT2D eigenvalue weighted by Gasteiger charge is -2.35. The summed E-state index contributed by atoms with van der Waals surface area (Å²) in [6.45, 7) is 0. The van der Waals surface area contributed by atoms with Crippen LogP contribution in [0.4, 0.5) is 17.1 Å². The third-order valence-electron chi connectivity index (χ3n) is 23.6. The molecule has 0 atom stereocenters. The fourth-order valence-electron chi connectivity index (χ4n) is 18.9. The second-order valence-electron chi connectivity index (χ2n) is 29.7. The van der Waals surface area contributed by atoms with Crippen LogP contribution in [0.1, 0.15) is 22.3 Å². The van der Waals surface area contributed by atoms with E-state index in [4.69, 9.17) is 15.0 Å². The molecule has 0 N–H and O–H groups in total. The summed E-state index contributed by atoms with van der Waals surface area (Å²) in [4.78, 5) is 19.9. The zero-order chi connectivity index (χ0) is 75.0. The minimum absolute atomic E-state index is 0.488. The number of rotatable bonds is 13. The second kappa shape index (κ2) is 26.0. The highest BCUT2D eigenvalue weighted by Gasteiger charge is 2.47. The largest absolute Gasteiger partial charge is 0.308 e. The Hall–Kier alpha value is -15.3. The van der Waals surface area contributed by atoms with Crippen LogP contribution >= 0.6 is 0 Å². The minimum Gasteiger partial charge on any atom is -0.308 e. The first kappa shape index (κ1) is 64.7. The molecule has 17 aromatic carbocycles. The normalized spacial score (nSPS) is 12.5. The molecule has 0 saturated carbocycles. The quantitative estimate of drug-likeness (QED) is 0.115. The van der Waals surface area contributed by atoms with Crippen molar-refractivity contribution in [2.24, 2.45) is 0 Å². The molecule has 5 heterocycles. The van der Waals surface area contributed by atoms with Gasteiger partial charge in [-0.3, -0.25) is 0 Å². The van der Waals surface area contributed by atoms with Crippen LogP contribution in [0.3, 0.4) is 0 Å². The Bertz CT molecular complexity index is 7340. The van der Waals surface area contributed by atoms with Crippen molar-refractivity contribution in [1.82, 2.24) is 33.2 Å². The van der Waals surface area contributed by atoms with Gasteiger partial charge in [-0.2, -0.15) is 0 Å². The fourth-order valence-corrected chi connectivity index (χ4v) is 18.9. The summed E-state index contributed by atoms with van der Waals surface area (Å²) >= 11 is 0. The first-order chi connectivity index (χ1) is 56.6. The molecule has 0 amide bonds. The van der Waals surface area contributed by atoms with Crippen LogP contribution in [-0.2, 0) is 5.41 Å². The molecule has 532 valence electrons. The van der Waals surface area contributed by atoms with Gasteiger partial charge in [0.1, 0.15) is 0 Å². The lowest BCUT2D eigenvalue weighted by molar-refractivity contribution is 0.768. The van der Waals surface area contributed by atoms with E-state index in [1.165, 1.54) is 38.8 Å². The van der Waals surface area contributed by atoms with E-state index in [0.29, 0.717) is 17.5 Å². The molecule has 0 radical (unpaired) electrons. The Balaban J connectivity index is 0.943. The maximum absolute atomic E-state index is 5.93. The van der Waals surface area contributed by atoms with Gasteiger partial charge >= 0.3 is 0 Å². The molecule has 1 aliphatic rings. The lowest BCUT2D eigenvalue weighted by Crippen LogP contribution is -2.28. The SMILES string of the molecule is c1ccc(-c2ccc(N(c3ccc4c(c3)C(c3ccccc3)(c3ccccc3)c3ccccc3-4)c3c(-c4nc(-c5ccccc5)nc(-c5ccccc5)n4)cc(-n4c5ccccc5c5c6c(c7ccccc7n6-c6ccccc6)c6c(c7ccccc7n6-c6ccccc6)c54)cc3-n3c4ccccc4c4ccccc43)cc2)cc1. The Morgan fingerprint density at radius 2 is 0.579 bits per heavy atom. The molecule has 8 heteroatoms. The number of hydrogen-bond donors (Lipinski definition) is 0. The summed E-state index contributed by atoms with van der Waals surface area (Å²) in [5.74, 6) is 1.58. The molecular formula is C106H68N8. The van der Waals surface area contributed by atoms with Crippen LogP contribution in [0.2, 0.25) is 0 Å². The molecule has 0 unspecified atom stereocenters. The third kappa shape index (κ3) is 9.74. The van der Waals surface area contributed by atoms with E-state index >= 15 is 0 Å². The first-order valence-corrected chi connectivity index (χ1v) is 39.0. The van der Waals surface area contributed by atoms with Gasteiger partial charge in [-0.05, 0) is 136 Å². The van der Waals surface area contributed by atoms with Crippen molar-refractivity contribution >= 4 is 104 Å². The highest BCUT2D eigenvalue weighted by atomic mass is 15.2. The predicted molar refractivity (Wildman–Crippen MR) is 471 cm³/mol. The molecule has 0 aliphatic heterocycles. The molecular weight excluding hydrogens is 1390 g/mol. The summed E-state index contributed by atoms with van der Waals surface area (Å²) in [5, 5.41) is 9.08. The van der Waals surface area contributed by atoms with Crippen LogP contribution in [0.5, 0.6) is 0 Å². The summed E-state index contributed by atoms with van der Waals surface area (Å²) < 4.78 is 10.2. The van der Waals surface area contributed by atoms with Crippen molar-refractivity contribution in [3.63, 3.8) is 0 Å². The summed E-state index contributed by atoms with van der Waals surface area (Å²) in [6, 6.07) is 151. The van der Waals surface area contributed by atoms with E-state index in [0.717, 1.165) is 149 Å². The molecule has 0 fully saturated rings. The van der Waals surface area contributed by atoms with Gasteiger partial charge in [0.25, 0.3) is 0 Å². The summed E-state index contributed by atoms with van der Waals surface area (Å²) in [5.41, 5.74) is 26.3. The Kier molecular flexibility index (Phi) is 14.7. The van der Waals surface area contributed by atoms with Gasteiger partial charge in [0.15, 0.2) is 17.5 Å². The van der Waals surface area contributed by atoms with Crippen LogP contribution in [0.25, 0.3) is 166 Å². The van der Waals surface area contributed by atoms with Gasteiger partial charge in [-0.1, -0.05) is 322 Å². The zero-order valence-electron chi connectivity index (χ0n) is 61.8. The lowest BCUT2D eigenvalue weighted by atomic mass is 9.67. The molecule has 0 saturated heterocycles. The third-order valence-corrected chi connectivity index (χ3v) is 23.6. The fraction of sp³-hybridized carbons (Fsp3) is 0.00943. The van der Waals surface area contributed by atoms with Crippen molar-refractivity contribution in [2.45, 2.75) is 5.41 Å². The van der Waals surface area contributed by atoms with Crippen molar-refractivity contribution < 1.29 is 0 Å². The zero-order valence-corrected chi connectivity index (χ0v) is 61.8. The number of para-hydroxylation sites is 7. The monoisotopic (exact) mass is 1450 g/mol. The maximum Gasteiger partial charge on any atom is 0.166 e. The number of aromatic nitrogens is 7. The molecule has 22 aromatic rings. The topological polar surface area (TPSA) is 61.6 Å². The van der Waals surface area contributed by atoms with E-state index in [-0.39, 0.29) is 0 Å². The van der Waals surface area contributed by atoms with Gasteiger partial charge in [0.05, 0.1) is 60.9 Å². The first-order valence-electron chi connectivity index (χ1n) is 39.0. The Labute approximate surface area is 657 Å². The van der Waals surface area contributed by atoms with E-state index < -0.39 is 5.41 Å². The number of anilines is 3. The molecule has 8 nitrogen and oxygen atoms in total. The van der Waals surface area contributed by atoms with E-state index in [1.54, 1.807) is 0 Å². The standard InChI is InChI=1S/C106H68N8/c1-8-34-69(35-9-1)70-60-62-77(63-61-70)110(78-64-65-81-80-48-22-28-54-88(80)106(89(81)67-78,73-40-14-4-15-41-73)74-42-16-5-17-43-74)99-87(105-108-103(71-36-10-2-11-37-71)107-104(109-105)72-38-12-3-13-39-72)66-79(68-95(99)114-90-55-29-23-49-82(90)83-50-24-30-56-91(83)114)113-94-59-33-27-53-86(94)98-101-96(84-51-25-31-57-92(84)111(101)75-44-18-6-19-45-75)100-97(102(98)113)85-52-26-32-58-93(85)112(100)76-46-20-7-21-47-76/h1-68H. The maximum atomic E-state index is 5.93. The van der Waals surface area contributed by atoms with E-state index in [1.807, 2.05) is 0 Å². The smallest absolute Gasteiger partial charge is 0.166 e. The Morgan fingerprint density at radius 1 is 0.228 bits per heavy atom. The van der Waals surface area contributed by atoms with Crippen molar-refractivity contribution in [3.8, 4) is 79.2 Å². The van der Waals surface area contributed by atoms with Crippen LogP contribution in [-0.4, -0.2) is 33.2 Å². The van der Waals surface area contributed by atoms with Gasteiger partial charge in [-0.25, -0.2) is 15.0 Å². The summed E-state index contributed by atoms with van der Waals surface area (Å²) in [6.07, 6.45) is 0. The number of fused-ring (bicyclic) bond motifs is 18. The van der Waals surface area contributed by atoms with Crippen molar-refractivity contribution in [2.75, 3.05) is 4.90 Å². The van der Waals surface area contributed by atoms with Crippen molar-refractivity contribution in [1.29, 1.82) is 0 Å². The molecule has 23 rings (SSSR count). The second-order valence-corrected chi connectivity index (χ2v) is 29.7. The van der Waals surface area contributed by atoms with E-state index in [2.05, 4.69) is 436 Å².